The van der Waals surface area contributed by atoms with E-state index in [4.69, 9.17) is 16.3 Å². The maximum atomic E-state index is 5.95. The van der Waals surface area contributed by atoms with Crippen molar-refractivity contribution >= 4 is 28.6 Å². The third-order valence-electron chi connectivity index (χ3n) is 3.28. The van der Waals surface area contributed by atoms with E-state index in [0.29, 0.717) is 6.61 Å². The molecular weight excluding hydrogens is 292 g/mol. The second-order valence-electron chi connectivity index (χ2n) is 4.56. The van der Waals surface area contributed by atoms with Crippen LogP contribution in [0.4, 0.5) is 0 Å². The van der Waals surface area contributed by atoms with Gasteiger partial charge >= 0.3 is 0 Å². The van der Waals surface area contributed by atoms with Crippen molar-refractivity contribution in [3.05, 3.63) is 62.8 Å². The van der Waals surface area contributed by atoms with Crippen LogP contribution in [0.5, 0.6) is 0 Å². The summed E-state index contributed by atoms with van der Waals surface area (Å²) in [7, 11) is 1.72. The summed E-state index contributed by atoms with van der Waals surface area (Å²) in [5.74, 6) is 0. The van der Waals surface area contributed by atoms with Crippen LogP contribution in [0.15, 0.2) is 47.4 Å². The monoisotopic (exact) mass is 306 g/mol. The molecule has 1 aromatic heterocycles. The molecule has 0 aliphatic carbocycles. The highest BCUT2D eigenvalue weighted by Gasteiger charge is 2.27. The van der Waals surface area contributed by atoms with Gasteiger partial charge < -0.3 is 10.2 Å². The third-order valence-corrected chi connectivity index (χ3v) is 4.42. The van der Waals surface area contributed by atoms with E-state index in [0.717, 1.165) is 10.7 Å². The second kappa shape index (κ2) is 5.97. The van der Waals surface area contributed by atoms with Crippen LogP contribution >= 0.6 is 22.9 Å². The molecule has 0 spiro atoms. The summed E-state index contributed by atoms with van der Waals surface area (Å²) >= 11 is 7.67. The van der Waals surface area contributed by atoms with Crippen LogP contribution in [0.3, 0.4) is 0 Å². The molecule has 5 heteroatoms. The van der Waals surface area contributed by atoms with Gasteiger partial charge in [-0.05, 0) is 29.1 Å². The van der Waals surface area contributed by atoms with Gasteiger partial charge in [-0.15, -0.1) is 11.3 Å². The SMILES string of the molecule is COCC1=C(c2cccs2)NNC1c1ccc(Cl)cc1. The number of hydrogen-bond acceptors (Lipinski definition) is 4. The normalized spacial score (nSPS) is 18.4. The highest BCUT2D eigenvalue weighted by molar-refractivity contribution is 7.11. The van der Waals surface area contributed by atoms with Crippen LogP contribution in [0.1, 0.15) is 16.5 Å². The number of hydrogen-bond donors (Lipinski definition) is 2. The number of thiophene rings is 1. The van der Waals surface area contributed by atoms with E-state index in [-0.39, 0.29) is 6.04 Å². The highest BCUT2D eigenvalue weighted by atomic mass is 35.5. The number of methoxy groups -OCH3 is 1. The van der Waals surface area contributed by atoms with Crippen LogP contribution in [0, 0.1) is 0 Å². The summed E-state index contributed by atoms with van der Waals surface area (Å²) in [5.41, 5.74) is 10.1. The smallest absolute Gasteiger partial charge is 0.0766 e. The van der Waals surface area contributed by atoms with Crippen LogP contribution in [-0.2, 0) is 4.74 Å². The van der Waals surface area contributed by atoms with Gasteiger partial charge in [0, 0.05) is 17.7 Å². The third kappa shape index (κ3) is 2.60. The molecule has 3 nitrogen and oxygen atoms in total. The molecule has 2 heterocycles. The minimum absolute atomic E-state index is 0.101. The first kappa shape index (κ1) is 13.6. The fourth-order valence-electron chi connectivity index (χ4n) is 2.35. The van der Waals surface area contributed by atoms with Crippen molar-refractivity contribution in [1.29, 1.82) is 0 Å². The standard InChI is InChI=1S/C15H15ClN2OS/c1-19-9-12-14(10-4-6-11(16)7-5-10)17-18-15(12)13-3-2-8-20-13/h2-8,14,17-18H,9H2,1H3. The van der Waals surface area contributed by atoms with Crippen LogP contribution in [-0.4, -0.2) is 13.7 Å². The number of halogens is 1. The molecule has 0 saturated carbocycles. The summed E-state index contributed by atoms with van der Waals surface area (Å²) in [6, 6.07) is 12.1. The quantitative estimate of drug-likeness (QED) is 0.905. The molecular formula is C15H15ClN2OS. The lowest BCUT2D eigenvalue weighted by molar-refractivity contribution is 0.221. The predicted octanol–water partition coefficient (Wildman–Crippen LogP) is 3.61. The topological polar surface area (TPSA) is 33.3 Å². The average molecular weight is 307 g/mol. The van der Waals surface area contributed by atoms with E-state index in [1.54, 1.807) is 18.4 Å². The van der Waals surface area contributed by atoms with Crippen molar-refractivity contribution in [1.82, 2.24) is 10.9 Å². The molecule has 0 bridgehead atoms. The Labute approximate surface area is 127 Å². The van der Waals surface area contributed by atoms with E-state index >= 15 is 0 Å². The Balaban J connectivity index is 1.98. The van der Waals surface area contributed by atoms with E-state index in [9.17, 15) is 0 Å². The molecule has 1 atom stereocenters. The number of benzene rings is 1. The zero-order valence-electron chi connectivity index (χ0n) is 11.0. The highest BCUT2D eigenvalue weighted by Crippen LogP contribution is 2.33. The van der Waals surface area contributed by atoms with Crippen LogP contribution in [0.2, 0.25) is 5.02 Å². The van der Waals surface area contributed by atoms with Gasteiger partial charge in [-0.25, -0.2) is 5.43 Å². The molecule has 2 aromatic rings. The second-order valence-corrected chi connectivity index (χ2v) is 5.95. The fourth-order valence-corrected chi connectivity index (χ4v) is 3.23. The van der Waals surface area contributed by atoms with Gasteiger partial charge in [0.1, 0.15) is 0 Å². The van der Waals surface area contributed by atoms with Crippen LogP contribution in [0.25, 0.3) is 5.70 Å². The maximum absolute atomic E-state index is 5.95. The minimum atomic E-state index is 0.101. The summed E-state index contributed by atoms with van der Waals surface area (Å²) < 4.78 is 5.37. The van der Waals surface area contributed by atoms with Crippen molar-refractivity contribution < 1.29 is 4.74 Å². The number of ether oxygens (including phenoxy) is 1. The van der Waals surface area contributed by atoms with E-state index in [2.05, 4.69) is 28.4 Å². The Hall–Kier alpha value is -1.33. The maximum Gasteiger partial charge on any atom is 0.0766 e. The number of rotatable bonds is 4. The zero-order valence-corrected chi connectivity index (χ0v) is 12.6. The van der Waals surface area contributed by atoms with Gasteiger partial charge in [-0.1, -0.05) is 29.8 Å². The first-order valence-corrected chi connectivity index (χ1v) is 7.58. The van der Waals surface area contributed by atoms with Crippen molar-refractivity contribution in [2.24, 2.45) is 0 Å². The average Bonchev–Trinajstić information content (AvgIpc) is 3.09. The minimum Gasteiger partial charge on any atom is -0.380 e. The molecule has 1 aromatic carbocycles. The number of hydrazine groups is 1. The first-order valence-electron chi connectivity index (χ1n) is 6.32. The van der Waals surface area contributed by atoms with E-state index in [1.165, 1.54) is 16.0 Å². The summed E-state index contributed by atoms with van der Waals surface area (Å²) in [5, 5.41) is 2.82. The first-order chi connectivity index (χ1) is 9.79. The lowest BCUT2D eigenvalue weighted by Crippen LogP contribution is -2.26. The Morgan fingerprint density at radius 1 is 1.25 bits per heavy atom. The molecule has 1 aliphatic heterocycles. The van der Waals surface area contributed by atoms with Crippen LogP contribution < -0.4 is 10.9 Å². The zero-order chi connectivity index (χ0) is 13.9. The molecule has 1 aliphatic rings. The van der Waals surface area contributed by atoms with Gasteiger partial charge in [-0.3, -0.25) is 0 Å². The van der Waals surface area contributed by atoms with Gasteiger partial charge in [0.2, 0.25) is 0 Å². The molecule has 3 rings (SSSR count). The molecule has 0 radical (unpaired) electrons. The number of nitrogens with one attached hydrogen (secondary N) is 2. The molecule has 104 valence electrons. The molecule has 20 heavy (non-hydrogen) atoms. The Bertz CT molecular complexity index is 607. The Morgan fingerprint density at radius 3 is 2.70 bits per heavy atom. The lowest BCUT2D eigenvalue weighted by Gasteiger charge is -2.14. The van der Waals surface area contributed by atoms with Gasteiger partial charge in [0.05, 0.1) is 23.2 Å². The van der Waals surface area contributed by atoms with Crippen molar-refractivity contribution in [3.63, 3.8) is 0 Å². The van der Waals surface area contributed by atoms with Crippen molar-refractivity contribution in [2.45, 2.75) is 6.04 Å². The van der Waals surface area contributed by atoms with E-state index in [1.807, 2.05) is 24.3 Å². The molecule has 0 amide bonds. The van der Waals surface area contributed by atoms with E-state index < -0.39 is 0 Å². The molecule has 0 fully saturated rings. The molecule has 0 saturated heterocycles. The summed E-state index contributed by atoms with van der Waals surface area (Å²) in [6.45, 7) is 0.584. The largest absolute Gasteiger partial charge is 0.380 e. The Morgan fingerprint density at radius 2 is 2.05 bits per heavy atom. The summed E-state index contributed by atoms with van der Waals surface area (Å²) in [4.78, 5) is 1.21. The lowest BCUT2D eigenvalue weighted by atomic mass is 9.99. The molecule has 2 N–H and O–H groups in total. The fraction of sp³-hybridized carbons (Fsp3) is 0.200. The van der Waals surface area contributed by atoms with Crippen molar-refractivity contribution in [3.8, 4) is 0 Å². The Kier molecular flexibility index (Phi) is 4.08. The van der Waals surface area contributed by atoms with Gasteiger partial charge in [0.15, 0.2) is 0 Å². The van der Waals surface area contributed by atoms with Gasteiger partial charge in [0.25, 0.3) is 0 Å². The summed E-state index contributed by atoms with van der Waals surface area (Å²) in [6.07, 6.45) is 0. The predicted molar refractivity (Wildman–Crippen MR) is 83.6 cm³/mol. The van der Waals surface area contributed by atoms with Gasteiger partial charge in [-0.2, -0.15) is 0 Å². The molecule has 1 unspecified atom stereocenters. The van der Waals surface area contributed by atoms with Crippen molar-refractivity contribution in [2.75, 3.05) is 13.7 Å².